The zero-order valence-electron chi connectivity index (χ0n) is 11.6. The summed E-state index contributed by atoms with van der Waals surface area (Å²) < 4.78 is 5.74. The van der Waals surface area contributed by atoms with Gasteiger partial charge in [-0.05, 0) is 12.8 Å². The van der Waals surface area contributed by atoms with Crippen molar-refractivity contribution in [3.05, 3.63) is 0 Å². The van der Waals surface area contributed by atoms with E-state index in [-0.39, 0.29) is 31.1 Å². The van der Waals surface area contributed by atoms with Gasteiger partial charge in [-0.1, -0.05) is 13.8 Å². The third-order valence-electron chi connectivity index (χ3n) is 4.84. The van der Waals surface area contributed by atoms with Crippen LogP contribution in [0.1, 0.15) is 26.7 Å². The smallest absolute Gasteiger partial charge is 0.241 e. The molecule has 1 saturated carbocycles. The minimum atomic E-state index is -0.999. The summed E-state index contributed by atoms with van der Waals surface area (Å²) in [5.41, 5.74) is 4.94. The molecule has 19 heavy (non-hydrogen) atoms. The molecule has 1 amide bonds. The molecular weight excluding hydrogens is 248 g/mol. The number of hydrogen-bond donors (Lipinski definition) is 4. The fraction of sp³-hybridized carbons (Fsp3) is 0.923. The zero-order valence-corrected chi connectivity index (χ0v) is 11.6. The number of carbonyl (C=O) groups excluding carboxylic acids is 1. The molecule has 110 valence electrons. The van der Waals surface area contributed by atoms with Gasteiger partial charge in [-0.15, -0.1) is 0 Å². The molecule has 0 radical (unpaired) electrons. The van der Waals surface area contributed by atoms with Crippen LogP contribution in [0.5, 0.6) is 0 Å². The lowest BCUT2D eigenvalue weighted by Gasteiger charge is -2.65. The number of aliphatic hydroxyl groups excluding tert-OH is 2. The van der Waals surface area contributed by atoms with Crippen LogP contribution in [0.25, 0.3) is 0 Å². The highest BCUT2D eigenvalue weighted by molar-refractivity contribution is 5.89. The van der Waals surface area contributed by atoms with Gasteiger partial charge >= 0.3 is 0 Å². The Balaban J connectivity index is 2.14. The van der Waals surface area contributed by atoms with Gasteiger partial charge in [0, 0.05) is 17.9 Å². The van der Waals surface area contributed by atoms with Gasteiger partial charge in [-0.25, -0.2) is 0 Å². The van der Waals surface area contributed by atoms with Crippen LogP contribution >= 0.6 is 0 Å². The van der Waals surface area contributed by atoms with Gasteiger partial charge in [0.2, 0.25) is 5.91 Å². The molecule has 1 aliphatic heterocycles. The lowest BCUT2D eigenvalue weighted by Crippen LogP contribution is -2.82. The molecule has 1 heterocycles. The van der Waals surface area contributed by atoms with Crippen molar-refractivity contribution < 1.29 is 19.7 Å². The molecule has 0 aromatic heterocycles. The standard InChI is InChI=1S/C13H24N2O4/c1-12(2)10-9(4-3-5-19-10)13(12,14)11(18)15-8(6-16)7-17/h8-10,16-17H,3-7,14H2,1-2H3,(H,15,18). The van der Waals surface area contributed by atoms with E-state index in [4.69, 9.17) is 20.7 Å². The minimum Gasteiger partial charge on any atom is -0.394 e. The summed E-state index contributed by atoms with van der Waals surface area (Å²) in [5.74, 6) is -0.299. The minimum absolute atomic E-state index is 0.00860. The molecule has 3 unspecified atom stereocenters. The first-order chi connectivity index (χ1) is 8.89. The van der Waals surface area contributed by atoms with E-state index in [2.05, 4.69) is 5.32 Å². The Kier molecular flexibility index (Phi) is 3.88. The maximum atomic E-state index is 12.4. The van der Waals surface area contributed by atoms with Crippen molar-refractivity contribution in [2.24, 2.45) is 17.1 Å². The number of amides is 1. The van der Waals surface area contributed by atoms with E-state index in [1.54, 1.807) is 0 Å². The van der Waals surface area contributed by atoms with E-state index < -0.39 is 17.0 Å². The summed E-state index contributed by atoms with van der Waals surface area (Å²) in [6, 6.07) is -0.660. The first kappa shape index (κ1) is 14.7. The highest BCUT2D eigenvalue weighted by Crippen LogP contribution is 2.57. The Hall–Kier alpha value is -0.690. The molecular formula is C13H24N2O4. The van der Waals surface area contributed by atoms with E-state index in [9.17, 15) is 4.79 Å². The highest BCUT2D eigenvalue weighted by atomic mass is 16.5. The van der Waals surface area contributed by atoms with E-state index >= 15 is 0 Å². The molecule has 3 atom stereocenters. The Morgan fingerprint density at radius 3 is 2.68 bits per heavy atom. The quantitative estimate of drug-likeness (QED) is 0.525. The Morgan fingerprint density at radius 1 is 1.47 bits per heavy atom. The maximum absolute atomic E-state index is 12.4. The van der Waals surface area contributed by atoms with Gasteiger partial charge < -0.3 is 26.0 Å². The number of carbonyl (C=O) groups is 1. The number of ether oxygens (including phenoxy) is 1. The fourth-order valence-corrected chi connectivity index (χ4v) is 3.49. The molecule has 0 spiro atoms. The molecule has 2 aliphatic rings. The van der Waals surface area contributed by atoms with E-state index in [1.165, 1.54) is 0 Å². The molecule has 6 heteroatoms. The van der Waals surface area contributed by atoms with Crippen molar-refractivity contribution in [3.63, 3.8) is 0 Å². The van der Waals surface area contributed by atoms with Crippen LogP contribution in [0, 0.1) is 11.3 Å². The van der Waals surface area contributed by atoms with Crippen molar-refractivity contribution in [3.8, 4) is 0 Å². The number of nitrogens with two attached hydrogens (primary N) is 1. The number of aliphatic hydroxyl groups is 2. The Morgan fingerprint density at radius 2 is 2.11 bits per heavy atom. The van der Waals surface area contributed by atoms with E-state index in [1.807, 2.05) is 13.8 Å². The normalized spacial score (nSPS) is 36.5. The second-order valence-electron chi connectivity index (χ2n) is 6.17. The summed E-state index contributed by atoms with van der Waals surface area (Å²) in [4.78, 5) is 12.4. The summed E-state index contributed by atoms with van der Waals surface area (Å²) in [6.07, 6.45) is 1.80. The Labute approximate surface area is 113 Å². The van der Waals surface area contributed by atoms with Gasteiger partial charge in [-0.3, -0.25) is 4.79 Å². The van der Waals surface area contributed by atoms with E-state index in [0.717, 1.165) is 19.4 Å². The highest BCUT2D eigenvalue weighted by Gasteiger charge is 2.70. The molecule has 6 nitrogen and oxygen atoms in total. The molecule has 0 bridgehead atoms. The predicted octanol–water partition coefficient (Wildman–Crippen LogP) is -1.01. The van der Waals surface area contributed by atoms with Gasteiger partial charge in [0.1, 0.15) is 5.54 Å². The van der Waals surface area contributed by atoms with Crippen LogP contribution in [-0.4, -0.2) is 53.6 Å². The molecule has 2 fully saturated rings. The molecule has 1 saturated heterocycles. The lowest BCUT2D eigenvalue weighted by atomic mass is 9.46. The van der Waals surface area contributed by atoms with Crippen LogP contribution in [0.15, 0.2) is 0 Å². The summed E-state index contributed by atoms with van der Waals surface area (Å²) in [5, 5.41) is 20.7. The van der Waals surface area contributed by atoms with Crippen molar-refractivity contribution in [2.75, 3.05) is 19.8 Å². The largest absolute Gasteiger partial charge is 0.394 e. The third kappa shape index (κ3) is 1.98. The summed E-state index contributed by atoms with van der Waals surface area (Å²) in [7, 11) is 0. The average Bonchev–Trinajstić information content (AvgIpc) is 2.43. The summed E-state index contributed by atoms with van der Waals surface area (Å²) in [6.45, 7) is 3.99. The first-order valence-electron chi connectivity index (χ1n) is 6.82. The van der Waals surface area contributed by atoms with Gasteiger partial charge in [-0.2, -0.15) is 0 Å². The topological polar surface area (TPSA) is 105 Å². The van der Waals surface area contributed by atoms with Crippen LogP contribution in [0.2, 0.25) is 0 Å². The van der Waals surface area contributed by atoms with Crippen LogP contribution in [0.4, 0.5) is 0 Å². The second kappa shape index (κ2) is 5.01. The average molecular weight is 272 g/mol. The van der Waals surface area contributed by atoms with E-state index in [0.29, 0.717) is 0 Å². The zero-order chi connectivity index (χ0) is 14.3. The number of fused-ring (bicyclic) bond motifs is 1. The predicted molar refractivity (Wildman–Crippen MR) is 69.3 cm³/mol. The van der Waals surface area contributed by atoms with Crippen molar-refractivity contribution in [1.29, 1.82) is 0 Å². The fourth-order valence-electron chi connectivity index (χ4n) is 3.49. The maximum Gasteiger partial charge on any atom is 0.241 e. The van der Waals surface area contributed by atoms with Crippen molar-refractivity contribution >= 4 is 5.91 Å². The third-order valence-corrected chi connectivity index (χ3v) is 4.84. The second-order valence-corrected chi connectivity index (χ2v) is 6.17. The van der Waals surface area contributed by atoms with Crippen molar-refractivity contribution in [1.82, 2.24) is 5.32 Å². The number of nitrogens with one attached hydrogen (secondary N) is 1. The summed E-state index contributed by atoms with van der Waals surface area (Å²) >= 11 is 0. The van der Waals surface area contributed by atoms with Crippen LogP contribution < -0.4 is 11.1 Å². The molecule has 0 aromatic carbocycles. The lowest BCUT2D eigenvalue weighted by molar-refractivity contribution is -0.225. The molecule has 0 aromatic rings. The van der Waals surface area contributed by atoms with Crippen LogP contribution in [-0.2, 0) is 9.53 Å². The number of hydrogen-bond acceptors (Lipinski definition) is 5. The van der Waals surface area contributed by atoms with Crippen molar-refractivity contribution in [2.45, 2.75) is 44.4 Å². The number of rotatable bonds is 4. The van der Waals surface area contributed by atoms with Gasteiger partial charge in [0.15, 0.2) is 0 Å². The van der Waals surface area contributed by atoms with Gasteiger partial charge in [0.25, 0.3) is 0 Å². The SMILES string of the molecule is CC1(C)C2OCCCC2C1(N)C(=O)NC(CO)CO. The monoisotopic (exact) mass is 272 g/mol. The molecule has 2 rings (SSSR count). The first-order valence-corrected chi connectivity index (χ1v) is 6.82. The van der Waals surface area contributed by atoms with Crippen LogP contribution in [0.3, 0.4) is 0 Å². The Bertz CT molecular complexity index is 357. The molecule has 5 N–H and O–H groups in total. The van der Waals surface area contributed by atoms with Gasteiger partial charge in [0.05, 0.1) is 25.4 Å². The molecule has 1 aliphatic carbocycles.